The van der Waals surface area contributed by atoms with Crippen LogP contribution in [-0.2, 0) is 0 Å². The van der Waals surface area contributed by atoms with Crippen LogP contribution in [0.15, 0.2) is 71.8 Å². The topological polar surface area (TPSA) is 71.5 Å². The van der Waals surface area contributed by atoms with Crippen LogP contribution in [0.4, 0.5) is 0 Å². The van der Waals surface area contributed by atoms with Gasteiger partial charge >= 0.3 is 0 Å². The predicted octanol–water partition coefficient (Wildman–Crippen LogP) is 6.55. The number of halogens is 2. The number of aromatic nitrogens is 1. The van der Waals surface area contributed by atoms with E-state index in [-0.39, 0.29) is 18.6 Å². The van der Waals surface area contributed by atoms with Crippen molar-refractivity contribution >= 4 is 51.8 Å². The standard InChI is InChI=1S/C27H22Cl2N2O3S/c28-17-12-16(13-18(29)14-17)19-5-3-6-21-25(19)30-15-22(26(21)35-11-9-32)27(33)31-23-8-10-34-24-7-2-1-4-20(23)24/h1-7,12-15,23,32H,8-11H2,(H,31,33)/t23-/m0/s1. The fourth-order valence-corrected chi connectivity index (χ4v) is 5.78. The molecule has 5 nitrogen and oxygen atoms in total. The number of nitrogens with one attached hydrogen (secondary N) is 1. The summed E-state index contributed by atoms with van der Waals surface area (Å²) in [5.41, 5.74) is 3.88. The van der Waals surface area contributed by atoms with Gasteiger partial charge in [-0.1, -0.05) is 59.6 Å². The smallest absolute Gasteiger partial charge is 0.254 e. The number of nitrogens with zero attached hydrogens (tertiary/aromatic N) is 1. The molecule has 0 aliphatic carbocycles. The molecule has 1 atom stereocenters. The minimum Gasteiger partial charge on any atom is -0.493 e. The first-order valence-corrected chi connectivity index (χ1v) is 12.9. The maximum atomic E-state index is 13.5. The summed E-state index contributed by atoms with van der Waals surface area (Å²) in [6, 6.07) is 18.8. The van der Waals surface area contributed by atoms with Crippen molar-refractivity contribution in [2.75, 3.05) is 19.0 Å². The summed E-state index contributed by atoms with van der Waals surface area (Å²) < 4.78 is 5.73. The first-order chi connectivity index (χ1) is 17.0. The predicted molar refractivity (Wildman–Crippen MR) is 142 cm³/mol. The molecule has 1 amide bonds. The highest BCUT2D eigenvalue weighted by molar-refractivity contribution is 7.99. The normalized spacial score (nSPS) is 14.9. The second kappa shape index (κ2) is 10.5. The van der Waals surface area contributed by atoms with Gasteiger partial charge in [-0.3, -0.25) is 9.78 Å². The van der Waals surface area contributed by atoms with Crippen LogP contribution in [0.5, 0.6) is 5.75 Å². The van der Waals surface area contributed by atoms with E-state index in [2.05, 4.69) is 5.32 Å². The number of ether oxygens (including phenoxy) is 1. The molecule has 4 aromatic rings. The number of pyridine rings is 1. The molecular formula is C27H22Cl2N2O3S. The number of aliphatic hydroxyl groups is 1. The summed E-state index contributed by atoms with van der Waals surface area (Å²) in [5, 5.41) is 14.6. The molecule has 2 N–H and O–H groups in total. The average molecular weight is 525 g/mol. The Balaban J connectivity index is 1.56. The number of hydrogen-bond acceptors (Lipinski definition) is 5. The van der Waals surface area contributed by atoms with Crippen LogP contribution < -0.4 is 10.1 Å². The zero-order valence-corrected chi connectivity index (χ0v) is 21.0. The molecule has 0 fully saturated rings. The SMILES string of the molecule is O=C(N[C@H]1CCOc2ccccc21)c1cnc2c(-c3cc(Cl)cc(Cl)c3)cccc2c1SCCO. The summed E-state index contributed by atoms with van der Waals surface area (Å²) in [7, 11) is 0. The molecule has 0 radical (unpaired) electrons. The number of hydrogen-bond donors (Lipinski definition) is 2. The number of carbonyl (C=O) groups excluding carboxylic acids is 1. The lowest BCUT2D eigenvalue weighted by Gasteiger charge is -2.27. The zero-order chi connectivity index (χ0) is 24.4. The highest BCUT2D eigenvalue weighted by Gasteiger charge is 2.25. The van der Waals surface area contributed by atoms with Crippen molar-refractivity contribution in [1.82, 2.24) is 10.3 Å². The van der Waals surface area contributed by atoms with Crippen LogP contribution in [0.3, 0.4) is 0 Å². The molecule has 2 heterocycles. The molecule has 0 saturated carbocycles. The summed E-state index contributed by atoms with van der Waals surface area (Å²) >= 11 is 13.9. The molecule has 8 heteroatoms. The van der Waals surface area contributed by atoms with E-state index in [0.717, 1.165) is 38.2 Å². The van der Waals surface area contributed by atoms with Gasteiger partial charge < -0.3 is 15.2 Å². The van der Waals surface area contributed by atoms with Crippen LogP contribution >= 0.6 is 35.0 Å². The second-order valence-corrected chi connectivity index (χ2v) is 10.1. The number of benzene rings is 3. The van der Waals surface area contributed by atoms with Gasteiger partial charge in [-0.25, -0.2) is 0 Å². The van der Waals surface area contributed by atoms with Crippen LogP contribution in [0.25, 0.3) is 22.0 Å². The average Bonchev–Trinajstić information content (AvgIpc) is 2.86. The van der Waals surface area contributed by atoms with Crippen LogP contribution in [-0.4, -0.2) is 35.0 Å². The fourth-order valence-electron chi connectivity index (χ4n) is 4.33. The zero-order valence-electron chi connectivity index (χ0n) is 18.6. The van der Waals surface area contributed by atoms with E-state index in [1.807, 2.05) is 54.6 Å². The molecule has 5 rings (SSSR count). The summed E-state index contributed by atoms with van der Waals surface area (Å²) in [4.78, 5) is 19.0. The minimum absolute atomic E-state index is 0.00747. The van der Waals surface area contributed by atoms with E-state index < -0.39 is 0 Å². The molecule has 1 aliphatic rings. The third kappa shape index (κ3) is 4.98. The molecule has 3 aromatic carbocycles. The Morgan fingerprint density at radius 1 is 1.11 bits per heavy atom. The number of rotatable bonds is 6. The van der Waals surface area contributed by atoms with E-state index in [9.17, 15) is 9.90 Å². The van der Waals surface area contributed by atoms with Gasteiger partial charge in [-0.05, 0) is 29.8 Å². The first kappa shape index (κ1) is 23.9. The Labute approximate surface area is 217 Å². The van der Waals surface area contributed by atoms with Gasteiger partial charge in [0.2, 0.25) is 0 Å². The molecule has 35 heavy (non-hydrogen) atoms. The quantitative estimate of drug-likeness (QED) is 0.280. The maximum Gasteiger partial charge on any atom is 0.254 e. The van der Waals surface area contributed by atoms with E-state index in [1.165, 1.54) is 11.8 Å². The Kier molecular flexibility index (Phi) is 7.16. The van der Waals surface area contributed by atoms with Gasteiger partial charge in [0.1, 0.15) is 5.75 Å². The number of fused-ring (bicyclic) bond motifs is 2. The lowest BCUT2D eigenvalue weighted by Crippen LogP contribution is -2.32. The van der Waals surface area contributed by atoms with Gasteiger partial charge in [0.15, 0.2) is 0 Å². The van der Waals surface area contributed by atoms with E-state index in [4.69, 9.17) is 32.9 Å². The summed E-state index contributed by atoms with van der Waals surface area (Å²) in [5.74, 6) is 1.03. The van der Waals surface area contributed by atoms with E-state index in [0.29, 0.717) is 34.4 Å². The number of amides is 1. The van der Waals surface area contributed by atoms with Crippen molar-refractivity contribution < 1.29 is 14.6 Å². The van der Waals surface area contributed by atoms with E-state index >= 15 is 0 Å². The van der Waals surface area contributed by atoms with Gasteiger partial charge in [-0.2, -0.15) is 0 Å². The largest absolute Gasteiger partial charge is 0.493 e. The Bertz CT molecular complexity index is 1390. The van der Waals surface area contributed by atoms with Gasteiger partial charge in [0, 0.05) is 49.8 Å². The lowest BCUT2D eigenvalue weighted by molar-refractivity contribution is 0.0921. The third-order valence-electron chi connectivity index (χ3n) is 5.87. The Hall–Kier alpha value is -2.77. The van der Waals surface area contributed by atoms with E-state index in [1.54, 1.807) is 12.3 Å². The van der Waals surface area contributed by atoms with Gasteiger partial charge in [0.25, 0.3) is 5.91 Å². The van der Waals surface area contributed by atoms with Crippen molar-refractivity contribution in [3.8, 4) is 16.9 Å². The first-order valence-electron chi connectivity index (χ1n) is 11.2. The lowest BCUT2D eigenvalue weighted by atomic mass is 9.99. The summed E-state index contributed by atoms with van der Waals surface area (Å²) in [6.07, 6.45) is 2.29. The molecule has 178 valence electrons. The third-order valence-corrected chi connectivity index (χ3v) is 7.42. The number of thioether (sulfide) groups is 1. The number of para-hydroxylation sites is 2. The number of aliphatic hydroxyl groups excluding tert-OH is 1. The maximum absolute atomic E-state index is 13.5. The van der Waals surface area contributed by atoms with Crippen molar-refractivity contribution in [3.63, 3.8) is 0 Å². The highest BCUT2D eigenvalue weighted by atomic mass is 35.5. The Morgan fingerprint density at radius 3 is 2.71 bits per heavy atom. The van der Waals surface area contributed by atoms with Gasteiger partial charge in [-0.15, -0.1) is 11.8 Å². The van der Waals surface area contributed by atoms with Crippen molar-refractivity contribution in [2.45, 2.75) is 17.4 Å². The molecule has 1 aliphatic heterocycles. The van der Waals surface area contributed by atoms with Crippen molar-refractivity contribution in [2.24, 2.45) is 0 Å². The van der Waals surface area contributed by atoms with Crippen LogP contribution in [0.2, 0.25) is 10.0 Å². The molecule has 0 spiro atoms. The summed E-state index contributed by atoms with van der Waals surface area (Å²) in [6.45, 7) is 0.530. The molecular weight excluding hydrogens is 503 g/mol. The highest BCUT2D eigenvalue weighted by Crippen LogP contribution is 2.37. The number of carbonyl (C=O) groups is 1. The second-order valence-electron chi connectivity index (χ2n) is 8.13. The van der Waals surface area contributed by atoms with Crippen molar-refractivity contribution in [3.05, 3.63) is 88.0 Å². The van der Waals surface area contributed by atoms with Crippen LogP contribution in [0.1, 0.15) is 28.4 Å². The monoisotopic (exact) mass is 524 g/mol. The van der Waals surface area contributed by atoms with Gasteiger partial charge in [0.05, 0.1) is 30.3 Å². The Morgan fingerprint density at radius 2 is 1.91 bits per heavy atom. The molecule has 0 unspecified atom stereocenters. The fraction of sp³-hybridized carbons (Fsp3) is 0.185. The molecule has 0 bridgehead atoms. The molecule has 1 aromatic heterocycles. The van der Waals surface area contributed by atoms with Crippen LogP contribution in [0, 0.1) is 0 Å². The minimum atomic E-state index is -0.210. The molecule has 0 saturated heterocycles. The van der Waals surface area contributed by atoms with Crippen molar-refractivity contribution in [1.29, 1.82) is 0 Å².